The van der Waals surface area contributed by atoms with Gasteiger partial charge in [0, 0.05) is 18.0 Å². The van der Waals surface area contributed by atoms with Gasteiger partial charge in [-0.05, 0) is 37.8 Å². The molecule has 2 heterocycles. The fourth-order valence-corrected chi connectivity index (χ4v) is 3.04. The molecule has 0 bridgehead atoms. The summed E-state index contributed by atoms with van der Waals surface area (Å²) in [5.41, 5.74) is 0.809. The molecule has 0 unspecified atom stereocenters. The summed E-state index contributed by atoms with van der Waals surface area (Å²) in [7, 11) is 0. The molecule has 3 nitrogen and oxygen atoms in total. The van der Waals surface area contributed by atoms with E-state index in [0.717, 1.165) is 4.88 Å². The molecule has 0 radical (unpaired) electrons. The highest BCUT2D eigenvalue weighted by Crippen LogP contribution is 2.31. The van der Waals surface area contributed by atoms with Crippen LogP contribution in [0.5, 0.6) is 0 Å². The second-order valence-corrected chi connectivity index (χ2v) is 5.93. The average Bonchev–Trinajstić information content (AvgIpc) is 2.77. The van der Waals surface area contributed by atoms with Crippen LogP contribution in [0.25, 0.3) is 0 Å². The largest absolute Gasteiger partial charge is 0.378 e. The second kappa shape index (κ2) is 4.78. The minimum absolute atomic E-state index is 0.211. The molecule has 1 saturated heterocycles. The Balaban J connectivity index is 2.16. The quantitative estimate of drug-likeness (QED) is 0.808. The third-order valence-electron chi connectivity index (χ3n) is 3.18. The van der Waals surface area contributed by atoms with Crippen molar-refractivity contribution in [1.82, 2.24) is 4.90 Å². The van der Waals surface area contributed by atoms with Crippen molar-refractivity contribution in [1.29, 1.82) is 0 Å². The molecule has 1 aromatic rings. The maximum atomic E-state index is 12.5. The first-order chi connectivity index (χ1) is 8.01. The molecule has 94 valence electrons. The maximum absolute atomic E-state index is 12.5. The van der Waals surface area contributed by atoms with E-state index in [1.807, 2.05) is 18.7 Å². The van der Waals surface area contributed by atoms with Crippen LogP contribution in [0.1, 0.15) is 24.3 Å². The van der Waals surface area contributed by atoms with Crippen molar-refractivity contribution in [3.8, 4) is 0 Å². The number of rotatable bonds is 2. The van der Waals surface area contributed by atoms with Gasteiger partial charge < -0.3 is 9.64 Å². The Morgan fingerprint density at radius 3 is 2.59 bits per heavy atom. The van der Waals surface area contributed by atoms with Crippen LogP contribution in [0.2, 0.25) is 0 Å². The van der Waals surface area contributed by atoms with Crippen molar-refractivity contribution < 1.29 is 9.53 Å². The summed E-state index contributed by atoms with van der Waals surface area (Å²) in [6.45, 7) is 8.83. The smallest absolute Gasteiger partial charge is 0.233 e. The summed E-state index contributed by atoms with van der Waals surface area (Å²) >= 11 is 1.67. The Bertz CT molecular complexity index is 405. The van der Waals surface area contributed by atoms with Crippen molar-refractivity contribution in [3.63, 3.8) is 0 Å². The molecule has 0 atom stereocenters. The third-order valence-corrected chi connectivity index (χ3v) is 4.55. The lowest BCUT2D eigenvalue weighted by Gasteiger charge is -2.33. The molecule has 0 saturated carbocycles. The molecule has 1 amide bonds. The van der Waals surface area contributed by atoms with Gasteiger partial charge in [-0.3, -0.25) is 4.79 Å². The van der Waals surface area contributed by atoms with Crippen molar-refractivity contribution in [2.45, 2.75) is 26.2 Å². The van der Waals surface area contributed by atoms with E-state index in [2.05, 4.69) is 18.4 Å². The van der Waals surface area contributed by atoms with Gasteiger partial charge in [-0.1, -0.05) is 0 Å². The van der Waals surface area contributed by atoms with E-state index in [1.54, 1.807) is 11.3 Å². The van der Waals surface area contributed by atoms with Crippen molar-refractivity contribution in [3.05, 3.63) is 21.9 Å². The van der Waals surface area contributed by atoms with Crippen LogP contribution in [0, 0.1) is 6.92 Å². The molecule has 0 N–H and O–H groups in total. The summed E-state index contributed by atoms with van der Waals surface area (Å²) in [6.07, 6.45) is 0. The van der Waals surface area contributed by atoms with Crippen molar-refractivity contribution in [2.75, 3.05) is 26.3 Å². The van der Waals surface area contributed by atoms with Gasteiger partial charge >= 0.3 is 0 Å². The summed E-state index contributed by atoms with van der Waals surface area (Å²) in [5.74, 6) is 0.211. The number of carbonyl (C=O) groups is 1. The van der Waals surface area contributed by atoms with E-state index in [0.29, 0.717) is 26.3 Å². The Morgan fingerprint density at radius 1 is 1.41 bits per heavy atom. The van der Waals surface area contributed by atoms with E-state index < -0.39 is 5.41 Å². The summed E-state index contributed by atoms with van der Waals surface area (Å²) in [6, 6.07) is 2.11. The van der Waals surface area contributed by atoms with E-state index in [1.165, 1.54) is 5.56 Å². The molecular weight excluding hydrogens is 234 g/mol. The van der Waals surface area contributed by atoms with E-state index >= 15 is 0 Å². The van der Waals surface area contributed by atoms with Gasteiger partial charge in [0.05, 0.1) is 18.6 Å². The Hall–Kier alpha value is -0.870. The number of carbonyl (C=O) groups excluding carboxylic acids is 1. The van der Waals surface area contributed by atoms with Crippen LogP contribution >= 0.6 is 11.3 Å². The van der Waals surface area contributed by atoms with Crippen LogP contribution in [0.15, 0.2) is 11.4 Å². The monoisotopic (exact) mass is 253 g/mol. The highest BCUT2D eigenvalue weighted by atomic mass is 32.1. The molecular formula is C13H19NO2S. The molecule has 0 aromatic carbocycles. The van der Waals surface area contributed by atoms with Crippen LogP contribution < -0.4 is 0 Å². The molecule has 1 aromatic heterocycles. The highest BCUT2D eigenvalue weighted by molar-refractivity contribution is 7.10. The fourth-order valence-electron chi connectivity index (χ4n) is 2.03. The highest BCUT2D eigenvalue weighted by Gasteiger charge is 2.35. The lowest BCUT2D eigenvalue weighted by atomic mass is 9.89. The van der Waals surface area contributed by atoms with Crippen LogP contribution in [0.3, 0.4) is 0 Å². The zero-order valence-corrected chi connectivity index (χ0v) is 11.5. The van der Waals surface area contributed by atoms with Crippen LogP contribution in [-0.2, 0) is 14.9 Å². The Morgan fingerprint density at radius 2 is 2.06 bits per heavy atom. The first-order valence-corrected chi connectivity index (χ1v) is 6.82. The molecule has 1 aliphatic heterocycles. The Kier molecular flexibility index (Phi) is 3.54. The lowest BCUT2D eigenvalue weighted by Crippen LogP contribution is -2.48. The van der Waals surface area contributed by atoms with Gasteiger partial charge in [0.25, 0.3) is 0 Å². The SMILES string of the molecule is Cc1csc(C(C)(C)C(=O)N2CCOCC2)c1. The van der Waals surface area contributed by atoms with E-state index in [-0.39, 0.29) is 5.91 Å². The standard InChI is InChI=1S/C13H19NO2S/c1-10-8-11(17-9-10)13(2,3)12(15)14-4-6-16-7-5-14/h8-9H,4-7H2,1-3H3. The molecule has 2 rings (SSSR count). The molecule has 1 fully saturated rings. The minimum atomic E-state index is -0.420. The Labute approximate surface area is 106 Å². The zero-order valence-electron chi connectivity index (χ0n) is 10.7. The van der Waals surface area contributed by atoms with Gasteiger partial charge in [0.15, 0.2) is 0 Å². The van der Waals surface area contributed by atoms with E-state index in [4.69, 9.17) is 4.74 Å². The summed E-state index contributed by atoms with van der Waals surface area (Å²) < 4.78 is 5.28. The first kappa shape index (κ1) is 12.6. The number of amides is 1. The zero-order chi connectivity index (χ0) is 12.5. The summed E-state index contributed by atoms with van der Waals surface area (Å²) in [4.78, 5) is 15.6. The average molecular weight is 253 g/mol. The van der Waals surface area contributed by atoms with Crippen molar-refractivity contribution in [2.24, 2.45) is 0 Å². The van der Waals surface area contributed by atoms with Crippen LogP contribution in [-0.4, -0.2) is 37.1 Å². The molecule has 1 aliphatic rings. The van der Waals surface area contributed by atoms with Gasteiger partial charge in [-0.25, -0.2) is 0 Å². The molecule has 17 heavy (non-hydrogen) atoms. The molecule has 4 heteroatoms. The third kappa shape index (κ3) is 2.53. The summed E-state index contributed by atoms with van der Waals surface area (Å²) in [5, 5.41) is 2.10. The number of ether oxygens (including phenoxy) is 1. The predicted molar refractivity (Wildman–Crippen MR) is 69.5 cm³/mol. The second-order valence-electron chi connectivity index (χ2n) is 5.02. The first-order valence-electron chi connectivity index (χ1n) is 5.94. The number of aryl methyl sites for hydroxylation is 1. The lowest BCUT2D eigenvalue weighted by molar-refractivity contribution is -0.140. The number of hydrogen-bond acceptors (Lipinski definition) is 3. The number of hydrogen-bond donors (Lipinski definition) is 0. The normalized spacial score (nSPS) is 17.2. The number of thiophene rings is 1. The molecule has 0 spiro atoms. The maximum Gasteiger partial charge on any atom is 0.233 e. The minimum Gasteiger partial charge on any atom is -0.378 e. The van der Waals surface area contributed by atoms with E-state index in [9.17, 15) is 4.79 Å². The fraction of sp³-hybridized carbons (Fsp3) is 0.615. The number of morpholine rings is 1. The van der Waals surface area contributed by atoms with Crippen molar-refractivity contribution >= 4 is 17.2 Å². The van der Waals surface area contributed by atoms with Gasteiger partial charge in [0.1, 0.15) is 0 Å². The topological polar surface area (TPSA) is 29.5 Å². The molecule has 0 aliphatic carbocycles. The van der Waals surface area contributed by atoms with Gasteiger partial charge in [-0.15, -0.1) is 11.3 Å². The van der Waals surface area contributed by atoms with Crippen LogP contribution in [0.4, 0.5) is 0 Å². The number of nitrogens with zero attached hydrogens (tertiary/aromatic N) is 1. The van der Waals surface area contributed by atoms with Gasteiger partial charge in [0.2, 0.25) is 5.91 Å². The predicted octanol–water partition coefficient (Wildman–Crippen LogP) is 2.19. The van der Waals surface area contributed by atoms with Gasteiger partial charge in [-0.2, -0.15) is 0 Å².